The summed E-state index contributed by atoms with van der Waals surface area (Å²) in [4.78, 5) is 55.2. The lowest BCUT2D eigenvalue weighted by molar-refractivity contribution is -0.124. The average Bonchev–Trinajstić information content (AvgIpc) is 3.12. The lowest BCUT2D eigenvalue weighted by Crippen LogP contribution is -2.51. The van der Waals surface area contributed by atoms with Crippen molar-refractivity contribution in [1.29, 1.82) is 0 Å². The fourth-order valence-corrected chi connectivity index (χ4v) is 5.07. The maximum Gasteiger partial charge on any atom is 0.293 e. The summed E-state index contributed by atoms with van der Waals surface area (Å²) >= 11 is 0.724. The van der Waals surface area contributed by atoms with Gasteiger partial charge in [-0.15, -0.1) is 0 Å². The molecule has 38 heavy (non-hydrogen) atoms. The van der Waals surface area contributed by atoms with Gasteiger partial charge in [0.15, 0.2) is 0 Å². The van der Waals surface area contributed by atoms with E-state index < -0.39 is 22.8 Å². The summed E-state index contributed by atoms with van der Waals surface area (Å²) in [6, 6.07) is 9.80. The van der Waals surface area contributed by atoms with E-state index >= 15 is 0 Å². The Labute approximate surface area is 223 Å². The van der Waals surface area contributed by atoms with Crippen LogP contribution in [0.2, 0.25) is 0 Å². The quantitative estimate of drug-likeness (QED) is 0.539. The maximum absolute atomic E-state index is 14.0. The number of rotatable bonds is 7. The number of imide groups is 1. The van der Waals surface area contributed by atoms with Crippen LogP contribution in [0.1, 0.15) is 35.3 Å². The standard InChI is InChI=1S/C27H28F2N4O4S/c1-17(2)30-24(34)16-31-8-10-32(11-9-31)25(35)19-5-3-4-18(12-19)13-23-26(36)33(27(37)38-23)15-20-6-7-21(28)14-22(20)29/h3-7,12-14,17H,8-11,15-16H2,1-2H3,(H,30,34)/b23-13-. The van der Waals surface area contributed by atoms with Gasteiger partial charge in [-0.05, 0) is 55.4 Å². The van der Waals surface area contributed by atoms with Gasteiger partial charge >= 0.3 is 0 Å². The Morgan fingerprint density at radius 3 is 2.47 bits per heavy atom. The predicted molar refractivity (Wildman–Crippen MR) is 140 cm³/mol. The molecule has 2 fully saturated rings. The summed E-state index contributed by atoms with van der Waals surface area (Å²) in [7, 11) is 0. The van der Waals surface area contributed by atoms with E-state index in [1.165, 1.54) is 12.1 Å². The average molecular weight is 543 g/mol. The third-order valence-electron chi connectivity index (χ3n) is 6.12. The lowest BCUT2D eigenvalue weighted by atomic mass is 10.1. The molecule has 0 atom stereocenters. The molecule has 200 valence electrons. The molecule has 2 saturated heterocycles. The second-order valence-corrected chi connectivity index (χ2v) is 10.4. The van der Waals surface area contributed by atoms with Gasteiger partial charge < -0.3 is 10.2 Å². The molecule has 0 saturated carbocycles. The van der Waals surface area contributed by atoms with E-state index in [0.29, 0.717) is 49.9 Å². The van der Waals surface area contributed by atoms with Crippen molar-refractivity contribution in [3.05, 3.63) is 75.7 Å². The van der Waals surface area contributed by atoms with Crippen molar-refractivity contribution in [2.24, 2.45) is 0 Å². The molecule has 2 heterocycles. The summed E-state index contributed by atoms with van der Waals surface area (Å²) in [6.45, 7) is 5.92. The largest absolute Gasteiger partial charge is 0.353 e. The molecular formula is C27H28F2N4O4S. The molecular weight excluding hydrogens is 514 g/mol. The molecule has 0 unspecified atom stereocenters. The molecule has 11 heteroatoms. The minimum absolute atomic E-state index is 0.0307. The number of halogens is 2. The van der Waals surface area contributed by atoms with Crippen LogP contribution in [0, 0.1) is 11.6 Å². The fourth-order valence-electron chi connectivity index (χ4n) is 4.23. The highest BCUT2D eigenvalue weighted by Gasteiger charge is 2.35. The molecule has 1 N–H and O–H groups in total. The van der Waals surface area contributed by atoms with Crippen molar-refractivity contribution in [1.82, 2.24) is 20.0 Å². The monoisotopic (exact) mass is 542 g/mol. The number of nitrogens with one attached hydrogen (secondary N) is 1. The van der Waals surface area contributed by atoms with Gasteiger partial charge in [0, 0.05) is 49.4 Å². The Kier molecular flexibility index (Phi) is 8.58. The SMILES string of the molecule is CC(C)NC(=O)CN1CCN(C(=O)c2cccc(/C=C3\SC(=O)N(Cc4ccc(F)cc4F)C3=O)c2)CC1. The van der Waals surface area contributed by atoms with Gasteiger partial charge in [-0.1, -0.05) is 18.2 Å². The summed E-state index contributed by atoms with van der Waals surface area (Å²) in [5.74, 6) is -2.37. The number of hydrogen-bond acceptors (Lipinski definition) is 6. The molecule has 2 aliphatic rings. The summed E-state index contributed by atoms with van der Waals surface area (Å²) in [6.07, 6.45) is 1.52. The zero-order chi connectivity index (χ0) is 27.4. The number of hydrogen-bond donors (Lipinski definition) is 1. The van der Waals surface area contributed by atoms with Gasteiger partial charge in [-0.2, -0.15) is 0 Å². The van der Waals surface area contributed by atoms with Crippen molar-refractivity contribution < 1.29 is 28.0 Å². The van der Waals surface area contributed by atoms with E-state index in [9.17, 15) is 28.0 Å². The number of carbonyl (C=O) groups excluding carboxylic acids is 4. The van der Waals surface area contributed by atoms with Gasteiger partial charge in [0.1, 0.15) is 11.6 Å². The first-order chi connectivity index (χ1) is 18.1. The third-order valence-corrected chi connectivity index (χ3v) is 7.03. The van der Waals surface area contributed by atoms with Crippen molar-refractivity contribution in [3.63, 3.8) is 0 Å². The number of thioether (sulfide) groups is 1. The highest BCUT2D eigenvalue weighted by atomic mass is 32.2. The highest BCUT2D eigenvalue weighted by molar-refractivity contribution is 8.18. The number of piperazine rings is 1. The van der Waals surface area contributed by atoms with Gasteiger partial charge in [0.25, 0.3) is 17.1 Å². The van der Waals surface area contributed by atoms with Crippen molar-refractivity contribution in [2.45, 2.75) is 26.4 Å². The second kappa shape index (κ2) is 11.9. The van der Waals surface area contributed by atoms with E-state index in [-0.39, 0.29) is 34.9 Å². The zero-order valence-corrected chi connectivity index (χ0v) is 21.9. The molecule has 0 aliphatic carbocycles. The first-order valence-corrected chi connectivity index (χ1v) is 13.0. The molecule has 2 aliphatic heterocycles. The Balaban J connectivity index is 1.39. The fraction of sp³-hybridized carbons (Fsp3) is 0.333. The van der Waals surface area contributed by atoms with Crippen molar-refractivity contribution >= 4 is 40.8 Å². The van der Waals surface area contributed by atoms with Gasteiger partial charge in [-0.3, -0.25) is 29.0 Å². The normalized spacial score (nSPS) is 17.6. The molecule has 0 spiro atoms. The lowest BCUT2D eigenvalue weighted by Gasteiger charge is -2.34. The molecule has 2 aromatic rings. The van der Waals surface area contributed by atoms with Crippen LogP contribution in [0.3, 0.4) is 0 Å². The van der Waals surface area contributed by atoms with Crippen molar-refractivity contribution in [2.75, 3.05) is 32.7 Å². The van der Waals surface area contributed by atoms with Crippen LogP contribution < -0.4 is 5.32 Å². The van der Waals surface area contributed by atoms with Crippen LogP contribution in [0.4, 0.5) is 13.6 Å². The smallest absolute Gasteiger partial charge is 0.293 e. The maximum atomic E-state index is 14.0. The predicted octanol–water partition coefficient (Wildman–Crippen LogP) is 3.48. The van der Waals surface area contributed by atoms with E-state index in [2.05, 4.69) is 5.32 Å². The Morgan fingerprint density at radius 1 is 1.05 bits per heavy atom. The number of benzene rings is 2. The minimum atomic E-state index is -0.834. The Bertz CT molecular complexity index is 1290. The van der Waals surface area contributed by atoms with Crippen LogP contribution in [0.25, 0.3) is 6.08 Å². The molecule has 0 bridgehead atoms. The van der Waals surface area contributed by atoms with E-state index in [0.717, 1.165) is 22.7 Å². The summed E-state index contributed by atoms with van der Waals surface area (Å²) in [5, 5.41) is 2.31. The molecule has 0 radical (unpaired) electrons. The van der Waals surface area contributed by atoms with Gasteiger partial charge in [0.05, 0.1) is 18.0 Å². The van der Waals surface area contributed by atoms with Crippen molar-refractivity contribution in [3.8, 4) is 0 Å². The van der Waals surface area contributed by atoms with E-state index in [1.807, 2.05) is 18.7 Å². The Hall–Kier alpha value is -3.57. The first kappa shape index (κ1) is 27.5. The zero-order valence-electron chi connectivity index (χ0n) is 21.1. The molecule has 4 rings (SSSR count). The molecule has 0 aromatic heterocycles. The Morgan fingerprint density at radius 2 is 1.79 bits per heavy atom. The molecule has 4 amide bonds. The number of nitrogens with zero attached hydrogens (tertiary/aromatic N) is 3. The van der Waals surface area contributed by atoms with Crippen LogP contribution in [0.5, 0.6) is 0 Å². The topological polar surface area (TPSA) is 90.0 Å². The van der Waals surface area contributed by atoms with Crippen LogP contribution in [-0.4, -0.2) is 76.4 Å². The number of amides is 4. The first-order valence-electron chi connectivity index (χ1n) is 12.2. The number of carbonyl (C=O) groups is 4. The second-order valence-electron chi connectivity index (χ2n) is 9.42. The minimum Gasteiger partial charge on any atom is -0.353 e. The van der Waals surface area contributed by atoms with E-state index in [1.54, 1.807) is 29.2 Å². The van der Waals surface area contributed by atoms with Crippen LogP contribution in [-0.2, 0) is 16.1 Å². The highest BCUT2D eigenvalue weighted by Crippen LogP contribution is 2.33. The van der Waals surface area contributed by atoms with Gasteiger partial charge in [-0.25, -0.2) is 8.78 Å². The van der Waals surface area contributed by atoms with E-state index in [4.69, 9.17) is 0 Å². The van der Waals surface area contributed by atoms with Crippen LogP contribution in [0.15, 0.2) is 47.4 Å². The van der Waals surface area contributed by atoms with Gasteiger partial charge in [0.2, 0.25) is 5.91 Å². The summed E-state index contributed by atoms with van der Waals surface area (Å²) in [5.41, 5.74) is 1.04. The summed E-state index contributed by atoms with van der Waals surface area (Å²) < 4.78 is 27.2. The molecule has 8 nitrogen and oxygen atoms in total. The molecule has 2 aromatic carbocycles. The van der Waals surface area contributed by atoms with Crippen LogP contribution >= 0.6 is 11.8 Å². The third kappa shape index (κ3) is 6.65.